The quantitative estimate of drug-likeness (QED) is 0.869. The van der Waals surface area contributed by atoms with Gasteiger partial charge in [-0.15, -0.1) is 0 Å². The monoisotopic (exact) mass is 277 g/mol. The number of aromatic nitrogens is 2. The predicted octanol–water partition coefficient (Wildman–Crippen LogP) is 4.30. The van der Waals surface area contributed by atoms with Crippen molar-refractivity contribution in [3.63, 3.8) is 0 Å². The van der Waals surface area contributed by atoms with Gasteiger partial charge in [-0.1, -0.05) is 33.6 Å². The summed E-state index contributed by atoms with van der Waals surface area (Å²) in [4.78, 5) is 0. The molecular formula is C17H31N3. The van der Waals surface area contributed by atoms with Crippen molar-refractivity contribution in [2.75, 3.05) is 0 Å². The Labute approximate surface area is 124 Å². The maximum atomic E-state index is 4.75. The van der Waals surface area contributed by atoms with Crippen molar-refractivity contribution < 1.29 is 0 Å². The Kier molecular flexibility index (Phi) is 4.58. The summed E-state index contributed by atoms with van der Waals surface area (Å²) in [6.45, 7) is 12.3. The van der Waals surface area contributed by atoms with Gasteiger partial charge >= 0.3 is 0 Å². The molecule has 0 atom stereocenters. The molecular weight excluding hydrogens is 246 g/mol. The highest BCUT2D eigenvalue weighted by molar-refractivity contribution is 5.01. The van der Waals surface area contributed by atoms with Gasteiger partial charge in [0.1, 0.15) is 0 Å². The largest absolute Gasteiger partial charge is 0.306 e. The summed E-state index contributed by atoms with van der Waals surface area (Å²) in [5, 5.41) is 8.41. The van der Waals surface area contributed by atoms with E-state index in [0.29, 0.717) is 11.5 Å². The molecule has 1 aromatic heterocycles. The maximum Gasteiger partial charge on any atom is 0.0762 e. The summed E-state index contributed by atoms with van der Waals surface area (Å²) in [7, 11) is 0. The molecule has 0 spiro atoms. The SMILES string of the molecule is CC(C)(C)CC(C)(C)NCc1ccn(C2CCCC2)n1. The second kappa shape index (κ2) is 5.88. The topological polar surface area (TPSA) is 29.9 Å². The molecule has 3 nitrogen and oxygen atoms in total. The predicted molar refractivity (Wildman–Crippen MR) is 84.7 cm³/mol. The fraction of sp³-hybridized carbons (Fsp3) is 0.824. The third-order valence-electron chi connectivity index (χ3n) is 4.08. The zero-order valence-corrected chi connectivity index (χ0v) is 13.9. The zero-order valence-electron chi connectivity index (χ0n) is 13.9. The first-order valence-corrected chi connectivity index (χ1v) is 8.04. The van der Waals surface area contributed by atoms with Gasteiger partial charge in [-0.2, -0.15) is 5.10 Å². The summed E-state index contributed by atoms with van der Waals surface area (Å²) in [5.41, 5.74) is 1.66. The van der Waals surface area contributed by atoms with Crippen molar-refractivity contribution in [1.29, 1.82) is 0 Å². The highest BCUT2D eigenvalue weighted by atomic mass is 15.3. The van der Waals surface area contributed by atoms with Crippen molar-refractivity contribution in [3.05, 3.63) is 18.0 Å². The van der Waals surface area contributed by atoms with Gasteiger partial charge in [0.05, 0.1) is 11.7 Å². The van der Waals surface area contributed by atoms with Crippen LogP contribution in [0.15, 0.2) is 12.3 Å². The molecule has 1 heterocycles. The minimum absolute atomic E-state index is 0.148. The van der Waals surface area contributed by atoms with Crippen LogP contribution in [0.3, 0.4) is 0 Å². The van der Waals surface area contributed by atoms with E-state index in [2.05, 4.69) is 56.9 Å². The van der Waals surface area contributed by atoms with Gasteiger partial charge in [0, 0.05) is 18.3 Å². The first-order valence-electron chi connectivity index (χ1n) is 8.04. The van der Waals surface area contributed by atoms with Crippen LogP contribution in [0, 0.1) is 5.41 Å². The van der Waals surface area contributed by atoms with E-state index in [1.165, 1.54) is 31.4 Å². The summed E-state index contributed by atoms with van der Waals surface area (Å²) in [6.07, 6.45) is 8.62. The van der Waals surface area contributed by atoms with Crippen molar-refractivity contribution in [2.24, 2.45) is 5.41 Å². The number of nitrogens with one attached hydrogen (secondary N) is 1. The van der Waals surface area contributed by atoms with Crippen LogP contribution in [0.1, 0.15) is 78.5 Å². The Morgan fingerprint density at radius 1 is 1.20 bits per heavy atom. The Morgan fingerprint density at radius 2 is 1.85 bits per heavy atom. The average molecular weight is 277 g/mol. The molecule has 1 aliphatic rings. The lowest BCUT2D eigenvalue weighted by Gasteiger charge is -2.33. The fourth-order valence-electron chi connectivity index (χ4n) is 3.56. The van der Waals surface area contributed by atoms with Crippen LogP contribution in [0.5, 0.6) is 0 Å². The molecule has 0 aliphatic heterocycles. The Bertz CT molecular complexity index is 420. The van der Waals surface area contributed by atoms with Crippen LogP contribution in [0.4, 0.5) is 0 Å². The van der Waals surface area contributed by atoms with Crippen molar-refractivity contribution in [2.45, 2.75) is 84.8 Å². The van der Waals surface area contributed by atoms with E-state index in [0.717, 1.165) is 13.0 Å². The number of hydrogen-bond acceptors (Lipinski definition) is 2. The molecule has 2 rings (SSSR count). The highest BCUT2D eigenvalue weighted by Crippen LogP contribution is 2.29. The van der Waals surface area contributed by atoms with Gasteiger partial charge < -0.3 is 5.32 Å². The molecule has 1 aromatic rings. The molecule has 0 radical (unpaired) electrons. The zero-order chi connectivity index (χ0) is 14.8. The molecule has 0 unspecified atom stereocenters. The molecule has 1 N–H and O–H groups in total. The lowest BCUT2D eigenvalue weighted by Crippen LogP contribution is -2.41. The molecule has 0 bridgehead atoms. The van der Waals surface area contributed by atoms with E-state index < -0.39 is 0 Å². The van der Waals surface area contributed by atoms with E-state index in [1.54, 1.807) is 0 Å². The fourth-order valence-corrected chi connectivity index (χ4v) is 3.56. The van der Waals surface area contributed by atoms with E-state index >= 15 is 0 Å². The number of rotatable bonds is 5. The van der Waals surface area contributed by atoms with Crippen molar-refractivity contribution >= 4 is 0 Å². The van der Waals surface area contributed by atoms with Gasteiger partial charge in [0.25, 0.3) is 0 Å². The van der Waals surface area contributed by atoms with E-state index in [1.807, 2.05) is 0 Å². The molecule has 20 heavy (non-hydrogen) atoms. The lowest BCUT2D eigenvalue weighted by molar-refractivity contribution is 0.240. The lowest BCUT2D eigenvalue weighted by atomic mass is 9.82. The third-order valence-corrected chi connectivity index (χ3v) is 4.08. The molecule has 0 aromatic carbocycles. The Hall–Kier alpha value is -0.830. The van der Waals surface area contributed by atoms with Crippen molar-refractivity contribution in [1.82, 2.24) is 15.1 Å². The normalized spacial score (nSPS) is 17.9. The summed E-state index contributed by atoms with van der Waals surface area (Å²) < 4.78 is 2.18. The van der Waals surface area contributed by atoms with Crippen LogP contribution < -0.4 is 5.32 Å². The molecule has 0 amide bonds. The summed E-state index contributed by atoms with van der Waals surface area (Å²) >= 11 is 0. The van der Waals surface area contributed by atoms with Gasteiger partial charge in [0.15, 0.2) is 0 Å². The van der Waals surface area contributed by atoms with E-state index in [4.69, 9.17) is 5.10 Å². The average Bonchev–Trinajstić information content (AvgIpc) is 2.94. The second-order valence-electron chi connectivity index (χ2n) is 8.20. The summed E-state index contributed by atoms with van der Waals surface area (Å²) in [6, 6.07) is 2.81. The number of nitrogens with zero attached hydrogens (tertiary/aromatic N) is 2. The minimum atomic E-state index is 0.148. The summed E-state index contributed by atoms with van der Waals surface area (Å²) in [5.74, 6) is 0. The van der Waals surface area contributed by atoms with Gasteiger partial charge in [-0.25, -0.2) is 0 Å². The molecule has 1 fully saturated rings. The first kappa shape index (κ1) is 15.6. The number of hydrogen-bond donors (Lipinski definition) is 1. The van der Waals surface area contributed by atoms with Crippen LogP contribution in [0.2, 0.25) is 0 Å². The molecule has 0 saturated heterocycles. The van der Waals surface area contributed by atoms with Crippen LogP contribution in [-0.4, -0.2) is 15.3 Å². The van der Waals surface area contributed by atoms with Gasteiger partial charge in [-0.05, 0) is 44.6 Å². The van der Waals surface area contributed by atoms with Crippen LogP contribution in [0.25, 0.3) is 0 Å². The second-order valence-corrected chi connectivity index (χ2v) is 8.20. The molecule has 3 heteroatoms. The smallest absolute Gasteiger partial charge is 0.0762 e. The molecule has 114 valence electrons. The first-order chi connectivity index (χ1) is 9.25. The van der Waals surface area contributed by atoms with Gasteiger partial charge in [-0.3, -0.25) is 4.68 Å². The minimum Gasteiger partial charge on any atom is -0.306 e. The standard InChI is InChI=1S/C17H31N3/c1-16(2,3)13-17(4,5)18-12-14-10-11-20(19-14)15-8-6-7-9-15/h10-11,15,18H,6-9,12-13H2,1-5H3. The maximum absolute atomic E-state index is 4.75. The van der Waals surface area contributed by atoms with Gasteiger partial charge in [0.2, 0.25) is 0 Å². The van der Waals surface area contributed by atoms with Crippen molar-refractivity contribution in [3.8, 4) is 0 Å². The van der Waals surface area contributed by atoms with E-state index in [9.17, 15) is 0 Å². The molecule has 1 aliphatic carbocycles. The Balaban J connectivity index is 1.87. The van der Waals surface area contributed by atoms with Crippen LogP contribution >= 0.6 is 0 Å². The highest BCUT2D eigenvalue weighted by Gasteiger charge is 2.25. The third kappa shape index (κ3) is 4.62. The van der Waals surface area contributed by atoms with E-state index in [-0.39, 0.29) is 5.54 Å². The van der Waals surface area contributed by atoms with Crippen LogP contribution in [-0.2, 0) is 6.54 Å². The Morgan fingerprint density at radius 3 is 2.45 bits per heavy atom. The molecule has 1 saturated carbocycles.